The molecule has 2 atom stereocenters. The van der Waals surface area contributed by atoms with Crippen LogP contribution in [-0.2, 0) is 4.74 Å². The summed E-state index contributed by atoms with van der Waals surface area (Å²) in [6.07, 6.45) is 5.50. The Kier molecular flexibility index (Phi) is 2.63. The Hall–Kier alpha value is -1.36. The van der Waals surface area contributed by atoms with E-state index in [9.17, 15) is 0 Å². The van der Waals surface area contributed by atoms with Gasteiger partial charge in [-0.25, -0.2) is 9.97 Å². The molecule has 17 heavy (non-hydrogen) atoms. The van der Waals surface area contributed by atoms with Crippen LogP contribution in [-0.4, -0.2) is 28.7 Å². The summed E-state index contributed by atoms with van der Waals surface area (Å²) in [7, 11) is 0. The van der Waals surface area contributed by atoms with Crippen LogP contribution in [0, 0.1) is 12.8 Å². The lowest BCUT2D eigenvalue weighted by Gasteiger charge is -2.21. The predicted octanol–water partition coefficient (Wildman–Crippen LogP) is 1.35. The van der Waals surface area contributed by atoms with E-state index in [0.29, 0.717) is 18.0 Å². The first-order valence-corrected chi connectivity index (χ1v) is 6.21. The smallest absolute Gasteiger partial charge is 0.134 e. The zero-order chi connectivity index (χ0) is 11.8. The van der Waals surface area contributed by atoms with Crippen molar-refractivity contribution >= 4 is 11.6 Å². The number of nitrogens with zero attached hydrogens (tertiary/aromatic N) is 2. The molecule has 2 heterocycles. The van der Waals surface area contributed by atoms with Gasteiger partial charge in [0.2, 0.25) is 0 Å². The second-order valence-corrected chi connectivity index (χ2v) is 4.94. The molecule has 0 spiro atoms. The van der Waals surface area contributed by atoms with Crippen LogP contribution in [0.2, 0.25) is 0 Å². The third-order valence-electron chi connectivity index (χ3n) is 3.67. The maximum absolute atomic E-state index is 5.79. The highest BCUT2D eigenvalue weighted by molar-refractivity contribution is 5.54. The molecule has 0 radical (unpaired) electrons. The number of aromatic nitrogens is 2. The van der Waals surface area contributed by atoms with Crippen LogP contribution in [0.5, 0.6) is 0 Å². The first kappa shape index (κ1) is 10.8. The first-order chi connectivity index (χ1) is 8.25. The molecule has 1 aliphatic carbocycles. The molecule has 2 unspecified atom stereocenters. The fourth-order valence-corrected chi connectivity index (χ4v) is 2.44. The molecule has 3 rings (SSSR count). The largest absolute Gasteiger partial charge is 0.383 e. The van der Waals surface area contributed by atoms with E-state index in [1.165, 1.54) is 19.2 Å². The van der Waals surface area contributed by atoms with E-state index in [0.717, 1.165) is 30.3 Å². The van der Waals surface area contributed by atoms with Crippen molar-refractivity contribution in [1.29, 1.82) is 0 Å². The molecule has 3 N–H and O–H groups in total. The zero-order valence-corrected chi connectivity index (χ0v) is 10.0. The molecule has 5 nitrogen and oxygen atoms in total. The van der Waals surface area contributed by atoms with Crippen molar-refractivity contribution in [2.45, 2.75) is 38.3 Å². The zero-order valence-electron chi connectivity index (χ0n) is 10.0. The van der Waals surface area contributed by atoms with Crippen molar-refractivity contribution in [1.82, 2.24) is 9.97 Å². The van der Waals surface area contributed by atoms with Gasteiger partial charge in [0.15, 0.2) is 0 Å². The lowest BCUT2D eigenvalue weighted by atomic mass is 10.1. The van der Waals surface area contributed by atoms with Crippen LogP contribution < -0.4 is 11.1 Å². The topological polar surface area (TPSA) is 73.1 Å². The lowest BCUT2D eigenvalue weighted by molar-refractivity contribution is 0.0898. The summed E-state index contributed by atoms with van der Waals surface area (Å²) in [6.45, 7) is 2.79. The molecular weight excluding hydrogens is 216 g/mol. The minimum absolute atomic E-state index is 0.352. The number of rotatable bonds is 3. The van der Waals surface area contributed by atoms with Gasteiger partial charge in [-0.1, -0.05) is 0 Å². The minimum Gasteiger partial charge on any atom is -0.383 e. The van der Waals surface area contributed by atoms with Gasteiger partial charge >= 0.3 is 0 Å². The molecule has 0 aromatic carbocycles. The van der Waals surface area contributed by atoms with Crippen LogP contribution in [0.4, 0.5) is 11.6 Å². The van der Waals surface area contributed by atoms with Crippen molar-refractivity contribution < 1.29 is 4.74 Å². The van der Waals surface area contributed by atoms with Gasteiger partial charge in [-0.3, -0.25) is 0 Å². The highest BCUT2D eigenvalue weighted by Crippen LogP contribution is 2.39. The summed E-state index contributed by atoms with van der Waals surface area (Å²) in [6, 6.07) is 0.371. The van der Waals surface area contributed by atoms with Crippen LogP contribution in [0.15, 0.2) is 6.33 Å². The molecule has 1 aromatic heterocycles. The van der Waals surface area contributed by atoms with E-state index < -0.39 is 0 Å². The van der Waals surface area contributed by atoms with Gasteiger partial charge in [0.25, 0.3) is 0 Å². The van der Waals surface area contributed by atoms with Gasteiger partial charge in [0, 0.05) is 12.2 Å². The number of nitrogen functional groups attached to an aromatic ring is 1. The van der Waals surface area contributed by atoms with E-state index in [4.69, 9.17) is 10.5 Å². The number of anilines is 2. The fourth-order valence-electron chi connectivity index (χ4n) is 2.44. The second kappa shape index (κ2) is 4.14. The Morgan fingerprint density at radius 3 is 2.94 bits per heavy atom. The van der Waals surface area contributed by atoms with E-state index in [1.54, 1.807) is 0 Å². The molecule has 5 heteroatoms. The number of hydrogen-bond acceptors (Lipinski definition) is 5. The van der Waals surface area contributed by atoms with Gasteiger partial charge in [-0.2, -0.15) is 0 Å². The minimum atomic E-state index is 0.352. The Labute approximate surface area is 101 Å². The van der Waals surface area contributed by atoms with Crippen molar-refractivity contribution in [2.75, 3.05) is 17.7 Å². The maximum atomic E-state index is 5.79. The van der Waals surface area contributed by atoms with Gasteiger partial charge in [-0.15, -0.1) is 0 Å². The molecule has 2 fully saturated rings. The highest BCUT2D eigenvalue weighted by Gasteiger charge is 2.40. The van der Waals surface area contributed by atoms with Crippen LogP contribution in [0.1, 0.15) is 24.8 Å². The molecule has 1 aromatic rings. The van der Waals surface area contributed by atoms with Gasteiger partial charge in [-0.05, 0) is 32.1 Å². The summed E-state index contributed by atoms with van der Waals surface area (Å²) >= 11 is 0. The predicted molar refractivity (Wildman–Crippen MR) is 65.7 cm³/mol. The number of ether oxygens (including phenoxy) is 1. The molecule has 2 aliphatic rings. The number of nitrogens with one attached hydrogen (secondary N) is 1. The standard InChI is InChI=1S/C12H18N4O/c1-7-11(13)14-6-15-12(7)16-9-4-5-17-10(9)8-2-3-8/h6,8-10H,2-5H2,1H3,(H3,13,14,15,16). The van der Waals surface area contributed by atoms with Crippen molar-refractivity contribution in [3.63, 3.8) is 0 Å². The molecule has 0 amide bonds. The quantitative estimate of drug-likeness (QED) is 0.825. The SMILES string of the molecule is Cc1c(N)ncnc1NC1CCOC1C1CC1. The number of hydrogen-bond donors (Lipinski definition) is 2. The summed E-state index contributed by atoms with van der Waals surface area (Å²) in [5.41, 5.74) is 6.70. The molecule has 1 aliphatic heterocycles. The van der Waals surface area contributed by atoms with E-state index in [1.807, 2.05) is 6.92 Å². The fraction of sp³-hybridized carbons (Fsp3) is 0.667. The highest BCUT2D eigenvalue weighted by atomic mass is 16.5. The van der Waals surface area contributed by atoms with Crippen molar-refractivity contribution in [2.24, 2.45) is 5.92 Å². The van der Waals surface area contributed by atoms with Crippen molar-refractivity contribution in [3.8, 4) is 0 Å². The maximum Gasteiger partial charge on any atom is 0.134 e. The van der Waals surface area contributed by atoms with E-state index in [-0.39, 0.29) is 0 Å². The second-order valence-electron chi connectivity index (χ2n) is 4.94. The molecule has 0 bridgehead atoms. The summed E-state index contributed by atoms with van der Waals surface area (Å²) in [5, 5.41) is 3.47. The third-order valence-corrected chi connectivity index (χ3v) is 3.67. The Morgan fingerprint density at radius 1 is 1.35 bits per heavy atom. The van der Waals surface area contributed by atoms with Gasteiger partial charge in [0.1, 0.15) is 18.0 Å². The molecular formula is C12H18N4O. The molecule has 1 saturated heterocycles. The normalized spacial score (nSPS) is 28.3. The third kappa shape index (κ3) is 2.07. The van der Waals surface area contributed by atoms with Crippen LogP contribution in [0.3, 0.4) is 0 Å². The average Bonchev–Trinajstić information content (AvgIpc) is 3.06. The van der Waals surface area contributed by atoms with Gasteiger partial charge < -0.3 is 15.8 Å². The Bertz CT molecular complexity index is 419. The van der Waals surface area contributed by atoms with Crippen LogP contribution >= 0.6 is 0 Å². The summed E-state index contributed by atoms with van der Waals surface area (Å²) < 4.78 is 5.79. The monoisotopic (exact) mass is 234 g/mol. The molecule has 92 valence electrons. The van der Waals surface area contributed by atoms with E-state index >= 15 is 0 Å². The summed E-state index contributed by atoms with van der Waals surface area (Å²) in [4.78, 5) is 8.23. The van der Waals surface area contributed by atoms with Crippen molar-refractivity contribution in [3.05, 3.63) is 11.9 Å². The van der Waals surface area contributed by atoms with Gasteiger partial charge in [0.05, 0.1) is 12.1 Å². The van der Waals surface area contributed by atoms with Crippen LogP contribution in [0.25, 0.3) is 0 Å². The first-order valence-electron chi connectivity index (χ1n) is 6.21. The summed E-state index contributed by atoms with van der Waals surface area (Å²) in [5.74, 6) is 2.14. The van der Waals surface area contributed by atoms with E-state index in [2.05, 4.69) is 15.3 Å². The number of nitrogens with two attached hydrogens (primary N) is 1. The average molecular weight is 234 g/mol. The Balaban J connectivity index is 1.75. The lowest BCUT2D eigenvalue weighted by Crippen LogP contribution is -2.31. The Morgan fingerprint density at radius 2 is 2.18 bits per heavy atom. The molecule has 1 saturated carbocycles.